The predicted octanol–water partition coefficient (Wildman–Crippen LogP) is 3.55. The van der Waals surface area contributed by atoms with Gasteiger partial charge in [0.25, 0.3) is 5.91 Å². The molecular formula is C21H31N3O2. The molecule has 2 amide bonds. The highest BCUT2D eigenvalue weighted by Crippen LogP contribution is 2.27. The quantitative estimate of drug-likeness (QED) is 0.846. The van der Waals surface area contributed by atoms with E-state index in [1.807, 2.05) is 24.1 Å². The van der Waals surface area contributed by atoms with Gasteiger partial charge in [0.1, 0.15) is 0 Å². The molecule has 2 saturated carbocycles. The van der Waals surface area contributed by atoms with Crippen LogP contribution in [0.4, 0.5) is 5.69 Å². The van der Waals surface area contributed by atoms with Crippen molar-refractivity contribution in [1.82, 2.24) is 4.90 Å². The molecule has 3 N–H and O–H groups in total. The first-order valence-corrected chi connectivity index (χ1v) is 9.97. The lowest BCUT2D eigenvalue weighted by atomic mass is 9.94. The second-order valence-electron chi connectivity index (χ2n) is 7.89. The van der Waals surface area contributed by atoms with E-state index in [0.717, 1.165) is 37.8 Å². The molecule has 2 fully saturated rings. The van der Waals surface area contributed by atoms with E-state index in [1.165, 1.54) is 19.3 Å². The first-order chi connectivity index (χ1) is 12.5. The Balaban J connectivity index is 1.54. The van der Waals surface area contributed by atoms with E-state index in [1.54, 1.807) is 12.1 Å². The van der Waals surface area contributed by atoms with Gasteiger partial charge in [0.2, 0.25) is 5.91 Å². The van der Waals surface area contributed by atoms with Crippen LogP contribution in [0.25, 0.3) is 0 Å². The Kier molecular flexibility index (Phi) is 6.30. The van der Waals surface area contributed by atoms with E-state index in [9.17, 15) is 9.59 Å². The van der Waals surface area contributed by atoms with Crippen molar-refractivity contribution < 1.29 is 9.59 Å². The molecule has 2 atom stereocenters. The van der Waals surface area contributed by atoms with Gasteiger partial charge >= 0.3 is 0 Å². The zero-order chi connectivity index (χ0) is 18.5. The SMILES string of the molecule is CN(C(=O)c1ccc(NC(=O)C[C@@H]2CCC[C@H]2N)cc1)C1CCCCC1. The molecule has 0 spiro atoms. The minimum absolute atomic E-state index is 0.00532. The van der Waals surface area contributed by atoms with Crippen LogP contribution in [0.3, 0.4) is 0 Å². The number of benzene rings is 1. The molecule has 2 aliphatic carbocycles. The molecule has 2 aliphatic rings. The summed E-state index contributed by atoms with van der Waals surface area (Å²) in [5, 5.41) is 2.93. The Bertz CT molecular complexity index is 623. The van der Waals surface area contributed by atoms with Crippen LogP contribution in [0, 0.1) is 5.92 Å². The summed E-state index contributed by atoms with van der Waals surface area (Å²) in [7, 11) is 1.90. The topological polar surface area (TPSA) is 75.4 Å². The number of nitrogens with two attached hydrogens (primary N) is 1. The lowest BCUT2D eigenvalue weighted by molar-refractivity contribution is -0.117. The molecule has 26 heavy (non-hydrogen) atoms. The molecule has 0 saturated heterocycles. The number of anilines is 1. The Labute approximate surface area is 156 Å². The summed E-state index contributed by atoms with van der Waals surface area (Å²) in [6.07, 6.45) is 9.53. The fraction of sp³-hybridized carbons (Fsp3) is 0.619. The van der Waals surface area contributed by atoms with Gasteiger partial charge in [-0.15, -0.1) is 0 Å². The third-order valence-corrected chi connectivity index (χ3v) is 6.02. The van der Waals surface area contributed by atoms with Gasteiger partial charge in [0, 0.05) is 36.8 Å². The van der Waals surface area contributed by atoms with Crippen molar-refractivity contribution in [1.29, 1.82) is 0 Å². The molecule has 1 aromatic rings. The molecule has 5 heteroatoms. The van der Waals surface area contributed by atoms with Crippen LogP contribution >= 0.6 is 0 Å². The summed E-state index contributed by atoms with van der Waals surface area (Å²) in [6.45, 7) is 0. The molecule has 0 aliphatic heterocycles. The monoisotopic (exact) mass is 357 g/mol. The van der Waals surface area contributed by atoms with Crippen LogP contribution in [0.15, 0.2) is 24.3 Å². The molecule has 0 aromatic heterocycles. The highest BCUT2D eigenvalue weighted by atomic mass is 16.2. The summed E-state index contributed by atoms with van der Waals surface area (Å²) in [6, 6.07) is 7.74. The molecule has 142 valence electrons. The third-order valence-electron chi connectivity index (χ3n) is 6.02. The van der Waals surface area contributed by atoms with Crippen molar-refractivity contribution >= 4 is 17.5 Å². The molecule has 5 nitrogen and oxygen atoms in total. The predicted molar refractivity (Wildman–Crippen MR) is 104 cm³/mol. The first kappa shape index (κ1) is 18.9. The Hall–Kier alpha value is -1.88. The Morgan fingerprint density at radius 2 is 1.73 bits per heavy atom. The van der Waals surface area contributed by atoms with E-state index in [2.05, 4.69) is 5.32 Å². The van der Waals surface area contributed by atoms with Crippen molar-refractivity contribution in [3.63, 3.8) is 0 Å². The van der Waals surface area contributed by atoms with Crippen LogP contribution in [-0.4, -0.2) is 35.8 Å². The van der Waals surface area contributed by atoms with Gasteiger partial charge in [-0.05, 0) is 55.9 Å². The number of hydrogen-bond acceptors (Lipinski definition) is 3. The van der Waals surface area contributed by atoms with E-state index >= 15 is 0 Å². The Morgan fingerprint density at radius 3 is 2.35 bits per heavy atom. The van der Waals surface area contributed by atoms with Crippen molar-refractivity contribution in [2.75, 3.05) is 12.4 Å². The van der Waals surface area contributed by atoms with Gasteiger partial charge in [-0.1, -0.05) is 25.7 Å². The summed E-state index contributed by atoms with van der Waals surface area (Å²) < 4.78 is 0. The van der Waals surface area contributed by atoms with Crippen molar-refractivity contribution in [2.45, 2.75) is 69.9 Å². The maximum Gasteiger partial charge on any atom is 0.253 e. The van der Waals surface area contributed by atoms with Crippen LogP contribution < -0.4 is 11.1 Å². The fourth-order valence-corrected chi connectivity index (χ4v) is 4.30. The normalized spacial score (nSPS) is 23.6. The number of nitrogens with zero attached hydrogens (tertiary/aromatic N) is 1. The number of carbonyl (C=O) groups is 2. The van der Waals surface area contributed by atoms with Crippen molar-refractivity contribution in [3.05, 3.63) is 29.8 Å². The highest BCUT2D eigenvalue weighted by molar-refractivity contribution is 5.96. The van der Waals surface area contributed by atoms with Gasteiger partial charge < -0.3 is 16.0 Å². The zero-order valence-corrected chi connectivity index (χ0v) is 15.7. The smallest absolute Gasteiger partial charge is 0.253 e. The lowest BCUT2D eigenvalue weighted by Gasteiger charge is -2.31. The molecule has 0 radical (unpaired) electrons. The minimum Gasteiger partial charge on any atom is -0.339 e. The summed E-state index contributed by atoms with van der Waals surface area (Å²) in [5.41, 5.74) is 7.45. The average Bonchev–Trinajstić information content (AvgIpc) is 3.06. The van der Waals surface area contributed by atoms with Crippen LogP contribution in [0.2, 0.25) is 0 Å². The van der Waals surface area contributed by atoms with Gasteiger partial charge in [-0.25, -0.2) is 0 Å². The fourth-order valence-electron chi connectivity index (χ4n) is 4.30. The van der Waals surface area contributed by atoms with Crippen molar-refractivity contribution in [2.24, 2.45) is 11.7 Å². The van der Waals surface area contributed by atoms with Gasteiger partial charge in [-0.3, -0.25) is 9.59 Å². The maximum absolute atomic E-state index is 12.7. The van der Waals surface area contributed by atoms with E-state index < -0.39 is 0 Å². The standard InChI is InChI=1S/C21H31N3O2/c1-24(18-7-3-2-4-8-18)21(26)15-10-12-17(13-11-15)23-20(25)14-16-6-5-9-19(16)22/h10-13,16,18-19H,2-9,14,22H2,1H3,(H,23,25)/t16-,19+/m0/s1. The van der Waals surface area contributed by atoms with E-state index in [4.69, 9.17) is 5.73 Å². The summed E-state index contributed by atoms with van der Waals surface area (Å²) in [4.78, 5) is 26.8. The van der Waals surface area contributed by atoms with Crippen LogP contribution in [0.5, 0.6) is 0 Å². The average molecular weight is 357 g/mol. The molecular weight excluding hydrogens is 326 g/mol. The van der Waals surface area contributed by atoms with Crippen molar-refractivity contribution in [3.8, 4) is 0 Å². The number of nitrogens with one attached hydrogen (secondary N) is 1. The van der Waals surface area contributed by atoms with Gasteiger partial charge in [0.05, 0.1) is 0 Å². The van der Waals surface area contributed by atoms with Gasteiger partial charge in [-0.2, -0.15) is 0 Å². The van der Waals surface area contributed by atoms with Gasteiger partial charge in [0.15, 0.2) is 0 Å². The number of rotatable bonds is 5. The van der Waals surface area contributed by atoms with E-state index in [-0.39, 0.29) is 17.9 Å². The molecule has 0 unspecified atom stereocenters. The zero-order valence-electron chi connectivity index (χ0n) is 15.7. The molecule has 1 aromatic carbocycles. The number of carbonyl (C=O) groups excluding carboxylic acids is 2. The maximum atomic E-state index is 12.7. The number of amides is 2. The van der Waals surface area contributed by atoms with Crippen LogP contribution in [-0.2, 0) is 4.79 Å². The lowest BCUT2D eigenvalue weighted by Crippen LogP contribution is -2.38. The summed E-state index contributed by atoms with van der Waals surface area (Å²) in [5.74, 6) is 0.359. The second-order valence-corrected chi connectivity index (χ2v) is 7.89. The largest absolute Gasteiger partial charge is 0.339 e. The second kappa shape index (κ2) is 8.67. The van der Waals surface area contributed by atoms with Crippen LogP contribution in [0.1, 0.15) is 68.1 Å². The number of hydrogen-bond donors (Lipinski definition) is 2. The highest BCUT2D eigenvalue weighted by Gasteiger charge is 2.26. The minimum atomic E-state index is 0.00532. The Morgan fingerprint density at radius 1 is 1.04 bits per heavy atom. The summed E-state index contributed by atoms with van der Waals surface area (Å²) >= 11 is 0. The molecule has 0 bridgehead atoms. The first-order valence-electron chi connectivity index (χ1n) is 9.97. The third kappa shape index (κ3) is 4.64. The molecule has 3 rings (SSSR count). The van der Waals surface area contributed by atoms with E-state index in [0.29, 0.717) is 23.9 Å². The molecule has 0 heterocycles.